The fourth-order valence-electron chi connectivity index (χ4n) is 6.37. The van der Waals surface area contributed by atoms with Crippen molar-refractivity contribution in [1.82, 2.24) is 0 Å². The van der Waals surface area contributed by atoms with E-state index in [1.807, 2.05) is 0 Å². The summed E-state index contributed by atoms with van der Waals surface area (Å²) in [4.78, 5) is 25.6. The highest BCUT2D eigenvalue weighted by Crippen LogP contribution is 2.59. The van der Waals surface area contributed by atoms with Crippen LogP contribution in [0.1, 0.15) is 45.4 Å². The molecule has 0 bridgehead atoms. The number of alkyl halides is 1. The third-order valence-corrected chi connectivity index (χ3v) is 8.32. The molecule has 0 spiro atoms. The Bertz CT molecular complexity index is 1580. The molecule has 0 aromatic heterocycles. The molecule has 212 valence electrons. The highest BCUT2D eigenvalue weighted by molar-refractivity contribution is 6.00. The molecule has 7 rings (SSSR count). The molecule has 0 amide bonds. The Balaban J connectivity index is 1.41. The molecule has 0 unspecified atom stereocenters. The van der Waals surface area contributed by atoms with Gasteiger partial charge in [0.2, 0.25) is 18.2 Å². The van der Waals surface area contributed by atoms with Crippen molar-refractivity contribution in [2.75, 3.05) is 39.5 Å². The summed E-state index contributed by atoms with van der Waals surface area (Å²) in [5, 5.41) is 13.9. The summed E-state index contributed by atoms with van der Waals surface area (Å²) in [5.41, 5.74) is 0.0672. The van der Waals surface area contributed by atoms with Crippen LogP contribution in [0, 0.1) is 5.92 Å². The van der Waals surface area contributed by atoms with E-state index in [-0.39, 0.29) is 43.0 Å². The van der Waals surface area contributed by atoms with E-state index in [0.29, 0.717) is 51.6 Å². The third-order valence-electron chi connectivity index (χ3n) is 8.32. The lowest BCUT2D eigenvalue weighted by Crippen LogP contribution is -2.50. The van der Waals surface area contributed by atoms with E-state index in [9.17, 15) is 14.7 Å². The molecule has 0 radical (unpaired) electrons. The zero-order valence-corrected chi connectivity index (χ0v) is 22.2. The van der Waals surface area contributed by atoms with Crippen molar-refractivity contribution in [3.05, 3.63) is 64.7 Å². The van der Waals surface area contributed by atoms with Gasteiger partial charge in [0.1, 0.15) is 12.4 Å². The van der Waals surface area contributed by atoms with E-state index in [2.05, 4.69) is 5.32 Å². The normalized spacial score (nSPS) is 25.4. The van der Waals surface area contributed by atoms with Crippen LogP contribution >= 0.6 is 0 Å². The molecule has 1 aliphatic carbocycles. The molecule has 3 aromatic rings. The summed E-state index contributed by atoms with van der Waals surface area (Å²) in [7, 11) is 2.75. The summed E-state index contributed by atoms with van der Waals surface area (Å²) < 4.78 is 50.7. The maximum Gasteiger partial charge on any atom is 0.345 e. The van der Waals surface area contributed by atoms with Gasteiger partial charge in [-0.05, 0) is 53.1 Å². The number of halogens is 1. The monoisotopic (exact) mass is 563 g/mol. The first-order valence-electron chi connectivity index (χ1n) is 13.1. The van der Waals surface area contributed by atoms with Crippen molar-refractivity contribution in [3.8, 4) is 34.5 Å². The van der Waals surface area contributed by atoms with Crippen LogP contribution in [0.25, 0.3) is 0 Å². The summed E-state index contributed by atoms with van der Waals surface area (Å²) in [6.07, 6.45) is 0.309. The number of ether oxygens (including phenoxy) is 6. The lowest BCUT2D eigenvalue weighted by molar-refractivity contribution is -0.149. The second kappa shape index (κ2) is 9.18. The Hall–Kier alpha value is -4.67. The molecule has 0 saturated carbocycles. The minimum Gasteiger partial charge on any atom is -0.502 e. The fourth-order valence-corrected chi connectivity index (χ4v) is 6.37. The zero-order valence-electron chi connectivity index (χ0n) is 22.2. The Morgan fingerprint density at radius 3 is 2.34 bits per heavy atom. The maximum atomic E-state index is 17.6. The summed E-state index contributed by atoms with van der Waals surface area (Å²) in [6, 6.07) is 10.8. The maximum absolute atomic E-state index is 17.6. The number of methoxy groups -OCH3 is 2. The van der Waals surface area contributed by atoms with Crippen LogP contribution in [0.15, 0.2) is 42.5 Å². The predicted octanol–water partition coefficient (Wildman–Crippen LogP) is 4.28. The van der Waals surface area contributed by atoms with E-state index in [0.717, 1.165) is 0 Å². The van der Waals surface area contributed by atoms with Crippen molar-refractivity contribution < 1.29 is 47.5 Å². The van der Waals surface area contributed by atoms with Gasteiger partial charge in [0, 0.05) is 18.2 Å². The van der Waals surface area contributed by atoms with Gasteiger partial charge in [-0.15, -0.1) is 0 Å². The van der Waals surface area contributed by atoms with Crippen LogP contribution in [0.4, 0.5) is 10.1 Å². The van der Waals surface area contributed by atoms with E-state index in [1.165, 1.54) is 26.4 Å². The molecule has 4 aliphatic rings. The van der Waals surface area contributed by atoms with Crippen LogP contribution in [-0.4, -0.2) is 56.8 Å². The number of Topliss-reactive ketones (excluding diaryl/α,β-unsaturated/α-hetero) is 1. The minimum absolute atomic E-state index is 0.00424. The largest absolute Gasteiger partial charge is 0.502 e. The van der Waals surface area contributed by atoms with Gasteiger partial charge in [-0.3, -0.25) is 4.79 Å². The molecule has 2 N–H and O–H groups in total. The highest BCUT2D eigenvalue weighted by Gasteiger charge is 2.65. The Labute approximate surface area is 233 Å². The van der Waals surface area contributed by atoms with Crippen LogP contribution in [0.2, 0.25) is 0 Å². The van der Waals surface area contributed by atoms with Gasteiger partial charge >= 0.3 is 5.97 Å². The number of hydrogen-bond acceptors (Lipinski definition) is 10. The number of fused-ring (bicyclic) bond motifs is 4. The van der Waals surface area contributed by atoms with Gasteiger partial charge < -0.3 is 38.8 Å². The number of benzene rings is 3. The first-order valence-corrected chi connectivity index (χ1v) is 13.1. The lowest BCUT2D eigenvalue weighted by atomic mass is 9.63. The Morgan fingerprint density at radius 1 is 0.927 bits per heavy atom. The third kappa shape index (κ3) is 3.68. The van der Waals surface area contributed by atoms with Gasteiger partial charge in [0.05, 0.1) is 44.3 Å². The molecule has 4 atom stereocenters. The highest BCUT2D eigenvalue weighted by atomic mass is 19.1. The quantitative estimate of drug-likeness (QED) is 0.435. The topological polar surface area (TPSA) is 122 Å². The second-order valence-electron chi connectivity index (χ2n) is 10.4. The molecular weight excluding hydrogens is 537 g/mol. The molecule has 10 nitrogen and oxygen atoms in total. The zero-order chi connectivity index (χ0) is 28.5. The summed E-state index contributed by atoms with van der Waals surface area (Å²) >= 11 is 0. The molecule has 3 heterocycles. The van der Waals surface area contributed by atoms with E-state index in [1.54, 1.807) is 30.3 Å². The van der Waals surface area contributed by atoms with Crippen molar-refractivity contribution in [1.29, 1.82) is 0 Å². The average Bonchev–Trinajstić information content (AvgIpc) is 3.56. The lowest BCUT2D eigenvalue weighted by Gasteiger charge is -2.43. The number of nitrogens with one attached hydrogen (secondary N) is 1. The van der Waals surface area contributed by atoms with Crippen molar-refractivity contribution in [2.24, 2.45) is 5.92 Å². The number of ketones is 1. The number of aromatic hydroxyl groups is 1. The molecule has 41 heavy (non-hydrogen) atoms. The number of esters is 1. The summed E-state index contributed by atoms with van der Waals surface area (Å²) in [5.74, 6) is -1.87. The number of anilines is 1. The standard InChI is InChI=1S/C30H26FNO9/c1-36-24-7-14(8-25(37-2)28(24)34)26-17-10-22-23(41-13-40-22)11-18(17)27(19-12-39-29(35)30(19,26)31)32-15-3-4-16-20(33)5-6-38-21(16)9-15/h3-4,7-11,19,26-27,32,34H,5-6,12-13H2,1-2H3/t19-,26-,27-,30-/m1/s1. The molecule has 3 aromatic carbocycles. The second-order valence-corrected chi connectivity index (χ2v) is 10.4. The summed E-state index contributed by atoms with van der Waals surface area (Å²) in [6.45, 7) is 0.110. The smallest absolute Gasteiger partial charge is 0.345 e. The van der Waals surface area contributed by atoms with E-state index in [4.69, 9.17) is 28.4 Å². The number of phenolic OH excluding ortho intramolecular Hbond substituents is 1. The Kier molecular flexibility index (Phi) is 5.67. The van der Waals surface area contributed by atoms with Crippen LogP contribution < -0.4 is 29.0 Å². The number of carbonyl (C=O) groups excluding carboxylic acids is 2. The Morgan fingerprint density at radius 2 is 1.63 bits per heavy atom. The SMILES string of the molecule is COc1cc([C@@H]2c3cc4c(cc3[C@@H](Nc3ccc5c(c3)OCCC5=O)[C@H]3COC(=O)[C@]23F)OCO4)cc(OC)c1O. The molecule has 1 saturated heterocycles. The van der Waals surface area contributed by atoms with Crippen LogP contribution in [-0.2, 0) is 9.53 Å². The van der Waals surface area contributed by atoms with Gasteiger partial charge in [0.15, 0.2) is 28.8 Å². The van der Waals surface area contributed by atoms with Crippen molar-refractivity contribution in [2.45, 2.75) is 24.0 Å². The molecular formula is C30H26FNO9. The number of cyclic esters (lactones) is 1. The predicted molar refractivity (Wildman–Crippen MR) is 141 cm³/mol. The van der Waals surface area contributed by atoms with E-state index >= 15 is 4.39 Å². The number of hydrogen-bond donors (Lipinski definition) is 2. The van der Waals surface area contributed by atoms with E-state index < -0.39 is 29.5 Å². The van der Waals surface area contributed by atoms with Gasteiger partial charge in [-0.1, -0.05) is 0 Å². The first-order chi connectivity index (χ1) is 19.8. The van der Waals surface area contributed by atoms with Gasteiger partial charge in [0.25, 0.3) is 0 Å². The van der Waals surface area contributed by atoms with Crippen molar-refractivity contribution in [3.63, 3.8) is 0 Å². The van der Waals surface area contributed by atoms with Crippen LogP contribution in [0.5, 0.6) is 34.5 Å². The molecule has 1 fully saturated rings. The minimum atomic E-state index is -2.51. The number of phenols is 1. The van der Waals surface area contributed by atoms with Crippen LogP contribution in [0.3, 0.4) is 0 Å². The number of rotatable bonds is 5. The molecule has 11 heteroatoms. The van der Waals surface area contributed by atoms with Gasteiger partial charge in [-0.25, -0.2) is 9.18 Å². The first kappa shape index (κ1) is 25.3. The average molecular weight is 564 g/mol. The van der Waals surface area contributed by atoms with Crippen molar-refractivity contribution >= 4 is 17.4 Å². The number of carbonyl (C=O) groups is 2. The van der Waals surface area contributed by atoms with Gasteiger partial charge in [-0.2, -0.15) is 0 Å². The fraction of sp³-hybridized carbons (Fsp3) is 0.333. The molecule has 3 aliphatic heterocycles.